The third-order valence-electron chi connectivity index (χ3n) is 3.29. The SMILES string of the molecule is Nc1cccc(S(=O)(=O)NCC2CCC2)c1[N+](=O)[O-]. The fraction of sp³-hybridized carbons (Fsp3) is 0.455. The number of nitrogens with zero attached hydrogens (tertiary/aromatic N) is 1. The predicted molar refractivity (Wildman–Crippen MR) is 70.0 cm³/mol. The highest BCUT2D eigenvalue weighted by Crippen LogP contribution is 2.30. The summed E-state index contributed by atoms with van der Waals surface area (Å²) in [7, 11) is -3.90. The molecule has 0 atom stereocenters. The summed E-state index contributed by atoms with van der Waals surface area (Å²) >= 11 is 0. The monoisotopic (exact) mass is 285 g/mol. The number of nitrogen functional groups attached to an aromatic ring is 1. The van der Waals surface area contributed by atoms with Crippen LogP contribution < -0.4 is 10.5 Å². The molecule has 1 aliphatic carbocycles. The summed E-state index contributed by atoms with van der Waals surface area (Å²) in [5.41, 5.74) is 4.76. The molecule has 0 unspecified atom stereocenters. The zero-order valence-corrected chi connectivity index (χ0v) is 11.0. The normalized spacial score (nSPS) is 16.0. The highest BCUT2D eigenvalue weighted by molar-refractivity contribution is 7.89. The Kier molecular flexibility index (Phi) is 3.72. The molecule has 0 saturated heterocycles. The summed E-state index contributed by atoms with van der Waals surface area (Å²) in [6, 6.07) is 3.89. The van der Waals surface area contributed by atoms with E-state index in [4.69, 9.17) is 5.73 Å². The molecular weight excluding hydrogens is 270 g/mol. The Morgan fingerprint density at radius 2 is 2.11 bits per heavy atom. The van der Waals surface area contributed by atoms with Gasteiger partial charge in [-0.05, 0) is 30.9 Å². The summed E-state index contributed by atoms with van der Waals surface area (Å²) in [6.45, 7) is 0.314. The molecule has 1 saturated carbocycles. The lowest BCUT2D eigenvalue weighted by Crippen LogP contribution is -2.32. The molecule has 0 heterocycles. The van der Waals surface area contributed by atoms with Crippen LogP contribution in [0.5, 0.6) is 0 Å². The van der Waals surface area contributed by atoms with E-state index in [1.807, 2.05) is 0 Å². The third kappa shape index (κ3) is 2.85. The maximum Gasteiger partial charge on any atom is 0.312 e. The second kappa shape index (κ2) is 5.14. The average Bonchev–Trinajstić information content (AvgIpc) is 2.25. The largest absolute Gasteiger partial charge is 0.393 e. The zero-order chi connectivity index (χ0) is 14.0. The van der Waals surface area contributed by atoms with Crippen LogP contribution in [0.2, 0.25) is 0 Å². The van der Waals surface area contributed by atoms with E-state index in [-0.39, 0.29) is 10.6 Å². The fourth-order valence-corrected chi connectivity index (χ4v) is 3.27. The van der Waals surface area contributed by atoms with Gasteiger partial charge in [0.25, 0.3) is 0 Å². The first-order valence-electron chi connectivity index (χ1n) is 5.94. The van der Waals surface area contributed by atoms with Gasteiger partial charge in [0.15, 0.2) is 4.90 Å². The van der Waals surface area contributed by atoms with Crippen molar-refractivity contribution in [1.29, 1.82) is 0 Å². The lowest BCUT2D eigenvalue weighted by atomic mass is 9.86. The van der Waals surface area contributed by atoms with E-state index in [1.54, 1.807) is 0 Å². The molecule has 104 valence electrons. The molecule has 1 aliphatic rings. The first-order chi connectivity index (χ1) is 8.92. The first-order valence-corrected chi connectivity index (χ1v) is 7.42. The van der Waals surface area contributed by atoms with Gasteiger partial charge in [-0.1, -0.05) is 12.5 Å². The quantitative estimate of drug-likeness (QED) is 0.480. The molecule has 1 aromatic carbocycles. The summed E-state index contributed by atoms with van der Waals surface area (Å²) in [6.07, 6.45) is 3.08. The van der Waals surface area contributed by atoms with Crippen molar-refractivity contribution in [3.63, 3.8) is 0 Å². The van der Waals surface area contributed by atoms with E-state index in [9.17, 15) is 18.5 Å². The molecule has 0 aromatic heterocycles. The summed E-state index contributed by atoms with van der Waals surface area (Å²) in [5, 5.41) is 10.9. The van der Waals surface area contributed by atoms with E-state index < -0.39 is 20.6 Å². The van der Waals surface area contributed by atoms with Gasteiger partial charge in [-0.25, -0.2) is 13.1 Å². The van der Waals surface area contributed by atoms with Crippen LogP contribution in [-0.4, -0.2) is 19.9 Å². The van der Waals surface area contributed by atoms with Gasteiger partial charge in [0, 0.05) is 6.54 Å². The minimum atomic E-state index is -3.90. The van der Waals surface area contributed by atoms with Crippen molar-refractivity contribution in [3.8, 4) is 0 Å². The van der Waals surface area contributed by atoms with E-state index >= 15 is 0 Å². The van der Waals surface area contributed by atoms with Crippen LogP contribution in [0.3, 0.4) is 0 Å². The van der Waals surface area contributed by atoms with Crippen molar-refractivity contribution in [2.75, 3.05) is 12.3 Å². The van der Waals surface area contributed by atoms with Crippen LogP contribution in [0.15, 0.2) is 23.1 Å². The Bertz CT molecular complexity index is 596. The topological polar surface area (TPSA) is 115 Å². The second-order valence-corrected chi connectivity index (χ2v) is 6.34. The Morgan fingerprint density at radius 3 is 2.63 bits per heavy atom. The van der Waals surface area contributed by atoms with E-state index in [1.165, 1.54) is 18.2 Å². The summed E-state index contributed by atoms with van der Waals surface area (Å²) < 4.78 is 26.6. The number of para-hydroxylation sites is 1. The number of anilines is 1. The first kappa shape index (κ1) is 13.8. The van der Waals surface area contributed by atoms with Gasteiger partial charge in [0.05, 0.1) is 4.92 Å². The Morgan fingerprint density at radius 1 is 1.42 bits per heavy atom. The van der Waals surface area contributed by atoms with Gasteiger partial charge in [-0.2, -0.15) is 0 Å². The van der Waals surface area contributed by atoms with Gasteiger partial charge in [0.1, 0.15) is 5.69 Å². The number of rotatable bonds is 5. The second-order valence-electron chi connectivity index (χ2n) is 4.60. The van der Waals surface area contributed by atoms with Crippen molar-refractivity contribution in [1.82, 2.24) is 4.72 Å². The molecule has 3 N–H and O–H groups in total. The highest BCUT2D eigenvalue weighted by Gasteiger charge is 2.29. The van der Waals surface area contributed by atoms with Crippen molar-refractivity contribution >= 4 is 21.4 Å². The van der Waals surface area contributed by atoms with Crippen molar-refractivity contribution in [3.05, 3.63) is 28.3 Å². The van der Waals surface area contributed by atoms with Gasteiger partial charge < -0.3 is 5.73 Å². The summed E-state index contributed by atoms with van der Waals surface area (Å²) in [5.74, 6) is 0.329. The molecule has 1 fully saturated rings. The number of nitrogens with two attached hydrogens (primary N) is 1. The fourth-order valence-electron chi connectivity index (χ4n) is 1.95. The number of benzene rings is 1. The molecule has 0 amide bonds. The number of hydrogen-bond donors (Lipinski definition) is 2. The molecule has 0 spiro atoms. The smallest absolute Gasteiger partial charge is 0.312 e. The van der Waals surface area contributed by atoms with Gasteiger partial charge in [0.2, 0.25) is 10.0 Å². The van der Waals surface area contributed by atoms with Crippen LogP contribution in [0.4, 0.5) is 11.4 Å². The Hall–Kier alpha value is -1.67. The van der Waals surface area contributed by atoms with Gasteiger partial charge >= 0.3 is 5.69 Å². The lowest BCUT2D eigenvalue weighted by Gasteiger charge is -2.25. The minimum Gasteiger partial charge on any atom is -0.393 e. The Balaban J connectivity index is 2.28. The van der Waals surface area contributed by atoms with E-state index in [2.05, 4.69) is 4.72 Å². The van der Waals surface area contributed by atoms with Gasteiger partial charge in [-0.15, -0.1) is 0 Å². The molecule has 7 nitrogen and oxygen atoms in total. The van der Waals surface area contributed by atoms with Crippen LogP contribution in [0, 0.1) is 16.0 Å². The van der Waals surface area contributed by atoms with Crippen molar-refractivity contribution in [2.45, 2.75) is 24.2 Å². The standard InChI is InChI=1S/C11H15N3O4S/c12-9-5-2-6-10(11(9)14(15)16)19(17,18)13-7-8-3-1-4-8/h2,5-6,8,13H,1,3-4,7,12H2. The zero-order valence-electron chi connectivity index (χ0n) is 10.2. The van der Waals surface area contributed by atoms with Crippen molar-refractivity contribution in [2.24, 2.45) is 5.92 Å². The molecule has 8 heteroatoms. The third-order valence-corrected chi connectivity index (χ3v) is 4.74. The van der Waals surface area contributed by atoms with Crippen LogP contribution in [0.25, 0.3) is 0 Å². The molecular formula is C11H15N3O4S. The number of hydrogen-bond acceptors (Lipinski definition) is 5. The van der Waals surface area contributed by atoms with Gasteiger partial charge in [-0.3, -0.25) is 10.1 Å². The van der Waals surface area contributed by atoms with E-state index in [0.29, 0.717) is 12.5 Å². The maximum atomic E-state index is 12.1. The number of sulfonamides is 1. The average molecular weight is 285 g/mol. The van der Waals surface area contributed by atoms with Crippen LogP contribution in [-0.2, 0) is 10.0 Å². The molecule has 0 radical (unpaired) electrons. The molecule has 0 aliphatic heterocycles. The molecule has 1 aromatic rings. The number of nitro groups is 1. The minimum absolute atomic E-state index is 0.156. The van der Waals surface area contributed by atoms with Crippen LogP contribution >= 0.6 is 0 Å². The Labute approximate surface area is 111 Å². The maximum absolute atomic E-state index is 12.1. The van der Waals surface area contributed by atoms with Crippen LogP contribution in [0.1, 0.15) is 19.3 Å². The number of nitrogens with one attached hydrogen (secondary N) is 1. The molecule has 2 rings (SSSR count). The van der Waals surface area contributed by atoms with E-state index in [0.717, 1.165) is 19.3 Å². The lowest BCUT2D eigenvalue weighted by molar-refractivity contribution is -0.386. The highest BCUT2D eigenvalue weighted by atomic mass is 32.2. The molecule has 19 heavy (non-hydrogen) atoms. The number of nitro benzene ring substituents is 1. The molecule has 0 bridgehead atoms. The predicted octanol–water partition coefficient (Wildman–Crippen LogP) is 1.26. The summed E-state index contributed by atoms with van der Waals surface area (Å²) in [4.78, 5) is 9.78. The van der Waals surface area contributed by atoms with Crippen molar-refractivity contribution < 1.29 is 13.3 Å².